The Balaban J connectivity index is 2.49. The molecule has 0 radical (unpaired) electrons. The number of halogens is 1. The molecule has 0 amide bonds. The lowest BCUT2D eigenvalue weighted by atomic mass is 10.1. The summed E-state index contributed by atoms with van der Waals surface area (Å²) in [5.74, 6) is -0.242. The molecule has 0 aliphatic carbocycles. The Morgan fingerprint density at radius 3 is 2.81 bits per heavy atom. The number of hydrogen-bond donors (Lipinski definition) is 1. The van der Waals surface area contributed by atoms with Crippen molar-refractivity contribution in [1.29, 1.82) is 0 Å². The molecule has 1 aromatic heterocycles. The fourth-order valence-corrected chi connectivity index (χ4v) is 1.65. The third-order valence-corrected chi connectivity index (χ3v) is 2.58. The van der Waals surface area contributed by atoms with Crippen LogP contribution in [0, 0.1) is 5.82 Å². The van der Waals surface area contributed by atoms with Crippen LogP contribution in [-0.2, 0) is 0 Å². The van der Waals surface area contributed by atoms with Gasteiger partial charge in [-0.25, -0.2) is 4.39 Å². The van der Waals surface area contributed by atoms with Gasteiger partial charge in [-0.1, -0.05) is 12.1 Å². The van der Waals surface area contributed by atoms with E-state index < -0.39 is 0 Å². The van der Waals surface area contributed by atoms with Gasteiger partial charge in [0.2, 0.25) is 0 Å². The van der Waals surface area contributed by atoms with E-state index in [9.17, 15) is 4.39 Å². The van der Waals surface area contributed by atoms with Gasteiger partial charge in [-0.05, 0) is 25.1 Å². The van der Waals surface area contributed by atoms with Crippen molar-refractivity contribution in [1.82, 2.24) is 9.78 Å². The Morgan fingerprint density at radius 2 is 2.12 bits per heavy atom. The molecule has 0 aliphatic rings. The molecule has 2 rings (SSSR count). The first-order valence-electron chi connectivity index (χ1n) is 5.22. The molecule has 1 aromatic carbocycles. The van der Waals surface area contributed by atoms with Crippen molar-refractivity contribution >= 4 is 0 Å². The van der Waals surface area contributed by atoms with Crippen LogP contribution in [0.3, 0.4) is 0 Å². The van der Waals surface area contributed by atoms with Crippen molar-refractivity contribution in [3.63, 3.8) is 0 Å². The smallest absolute Gasteiger partial charge is 0.132 e. The van der Waals surface area contributed by atoms with Gasteiger partial charge in [0.05, 0.1) is 11.7 Å². The number of aromatic nitrogens is 2. The highest BCUT2D eigenvalue weighted by Gasteiger charge is 2.12. The largest absolute Gasteiger partial charge is 0.328 e. The van der Waals surface area contributed by atoms with Crippen LogP contribution >= 0.6 is 0 Å². The standard InChI is InChI=1S/C12H14FN3/c1-9(8-14)16-12(6-7-15-16)10-4-2-3-5-11(10)13/h2-7,9H,8,14H2,1H3. The molecule has 84 valence electrons. The Kier molecular flexibility index (Phi) is 3.01. The molecule has 1 unspecified atom stereocenters. The molecule has 16 heavy (non-hydrogen) atoms. The summed E-state index contributed by atoms with van der Waals surface area (Å²) >= 11 is 0. The van der Waals surface area contributed by atoms with E-state index in [4.69, 9.17) is 5.73 Å². The van der Waals surface area contributed by atoms with E-state index in [1.54, 1.807) is 29.1 Å². The average molecular weight is 219 g/mol. The minimum Gasteiger partial charge on any atom is -0.328 e. The Bertz CT molecular complexity index is 479. The van der Waals surface area contributed by atoms with Gasteiger partial charge in [0.1, 0.15) is 5.82 Å². The van der Waals surface area contributed by atoms with E-state index in [2.05, 4.69) is 5.10 Å². The maximum absolute atomic E-state index is 13.6. The second-order valence-corrected chi connectivity index (χ2v) is 3.73. The fraction of sp³-hybridized carbons (Fsp3) is 0.250. The van der Waals surface area contributed by atoms with Crippen molar-refractivity contribution in [3.8, 4) is 11.3 Å². The van der Waals surface area contributed by atoms with Gasteiger partial charge in [-0.3, -0.25) is 4.68 Å². The summed E-state index contributed by atoms with van der Waals surface area (Å²) in [6, 6.07) is 8.52. The molecule has 0 bridgehead atoms. The predicted molar refractivity (Wildman–Crippen MR) is 61.4 cm³/mol. The summed E-state index contributed by atoms with van der Waals surface area (Å²) < 4.78 is 15.4. The van der Waals surface area contributed by atoms with Crippen LogP contribution in [0.5, 0.6) is 0 Å². The van der Waals surface area contributed by atoms with Crippen LogP contribution in [0.25, 0.3) is 11.3 Å². The normalized spacial score (nSPS) is 12.7. The van der Waals surface area contributed by atoms with Crippen molar-refractivity contribution < 1.29 is 4.39 Å². The highest BCUT2D eigenvalue weighted by Crippen LogP contribution is 2.24. The first-order chi connectivity index (χ1) is 7.74. The molecule has 0 fully saturated rings. The SMILES string of the molecule is CC(CN)n1nccc1-c1ccccc1F. The summed E-state index contributed by atoms with van der Waals surface area (Å²) in [6.07, 6.45) is 1.66. The van der Waals surface area contributed by atoms with E-state index >= 15 is 0 Å². The number of benzene rings is 1. The highest BCUT2D eigenvalue weighted by atomic mass is 19.1. The molecule has 0 aliphatic heterocycles. The Morgan fingerprint density at radius 1 is 1.38 bits per heavy atom. The topological polar surface area (TPSA) is 43.8 Å². The van der Waals surface area contributed by atoms with E-state index in [1.165, 1.54) is 6.07 Å². The van der Waals surface area contributed by atoms with Crippen molar-refractivity contribution in [3.05, 3.63) is 42.3 Å². The van der Waals surface area contributed by atoms with E-state index in [-0.39, 0.29) is 11.9 Å². The van der Waals surface area contributed by atoms with E-state index in [1.807, 2.05) is 13.0 Å². The molecule has 4 heteroatoms. The predicted octanol–water partition coefficient (Wildman–Crippen LogP) is 2.21. The molecule has 1 atom stereocenters. The van der Waals surface area contributed by atoms with Crippen LogP contribution in [0.2, 0.25) is 0 Å². The summed E-state index contributed by atoms with van der Waals surface area (Å²) in [5, 5.41) is 4.17. The van der Waals surface area contributed by atoms with Gasteiger partial charge in [0.15, 0.2) is 0 Å². The van der Waals surface area contributed by atoms with Gasteiger partial charge in [-0.2, -0.15) is 5.10 Å². The summed E-state index contributed by atoms with van der Waals surface area (Å²) in [7, 11) is 0. The molecule has 2 aromatic rings. The van der Waals surface area contributed by atoms with Crippen molar-refractivity contribution in [2.45, 2.75) is 13.0 Å². The van der Waals surface area contributed by atoms with Crippen LogP contribution < -0.4 is 5.73 Å². The monoisotopic (exact) mass is 219 g/mol. The molecule has 0 saturated carbocycles. The number of hydrogen-bond acceptors (Lipinski definition) is 2. The highest BCUT2D eigenvalue weighted by molar-refractivity contribution is 5.60. The molecule has 0 saturated heterocycles. The second-order valence-electron chi connectivity index (χ2n) is 3.73. The maximum atomic E-state index is 13.6. The Hall–Kier alpha value is -1.68. The first kappa shape index (κ1) is 10.8. The molecular weight excluding hydrogens is 205 g/mol. The van der Waals surface area contributed by atoms with Crippen molar-refractivity contribution in [2.24, 2.45) is 5.73 Å². The number of nitrogens with two attached hydrogens (primary N) is 1. The lowest BCUT2D eigenvalue weighted by Crippen LogP contribution is -2.18. The summed E-state index contributed by atoms with van der Waals surface area (Å²) in [4.78, 5) is 0. The lowest BCUT2D eigenvalue weighted by Gasteiger charge is -2.13. The zero-order chi connectivity index (χ0) is 11.5. The Labute approximate surface area is 93.7 Å². The van der Waals surface area contributed by atoms with E-state index in [0.29, 0.717) is 12.1 Å². The average Bonchev–Trinajstić information content (AvgIpc) is 2.77. The van der Waals surface area contributed by atoms with Gasteiger partial charge < -0.3 is 5.73 Å². The van der Waals surface area contributed by atoms with E-state index in [0.717, 1.165) is 5.69 Å². The summed E-state index contributed by atoms with van der Waals surface area (Å²) in [5.41, 5.74) is 6.91. The van der Waals surface area contributed by atoms with Crippen LogP contribution in [-0.4, -0.2) is 16.3 Å². The zero-order valence-electron chi connectivity index (χ0n) is 9.10. The van der Waals surface area contributed by atoms with Gasteiger partial charge in [0, 0.05) is 18.3 Å². The molecular formula is C12H14FN3. The molecule has 1 heterocycles. The summed E-state index contributed by atoms with van der Waals surface area (Å²) in [6.45, 7) is 2.43. The minimum atomic E-state index is -0.242. The third kappa shape index (κ3) is 1.84. The zero-order valence-corrected chi connectivity index (χ0v) is 9.10. The van der Waals surface area contributed by atoms with Crippen molar-refractivity contribution in [2.75, 3.05) is 6.54 Å². The van der Waals surface area contributed by atoms with Crippen LogP contribution in [0.1, 0.15) is 13.0 Å². The quantitative estimate of drug-likeness (QED) is 0.860. The molecule has 0 spiro atoms. The number of nitrogens with zero attached hydrogens (tertiary/aromatic N) is 2. The van der Waals surface area contributed by atoms with Crippen LogP contribution in [0.4, 0.5) is 4.39 Å². The third-order valence-electron chi connectivity index (χ3n) is 2.58. The first-order valence-corrected chi connectivity index (χ1v) is 5.22. The second kappa shape index (κ2) is 4.45. The van der Waals surface area contributed by atoms with Gasteiger partial charge in [-0.15, -0.1) is 0 Å². The maximum Gasteiger partial charge on any atom is 0.132 e. The fourth-order valence-electron chi connectivity index (χ4n) is 1.65. The molecule has 3 nitrogen and oxygen atoms in total. The molecule has 2 N–H and O–H groups in total. The number of rotatable bonds is 3. The van der Waals surface area contributed by atoms with Gasteiger partial charge >= 0.3 is 0 Å². The lowest BCUT2D eigenvalue weighted by molar-refractivity contribution is 0.504. The minimum absolute atomic E-state index is 0.0598. The van der Waals surface area contributed by atoms with Gasteiger partial charge in [0.25, 0.3) is 0 Å². The van der Waals surface area contributed by atoms with Crippen LogP contribution in [0.15, 0.2) is 36.5 Å².